The van der Waals surface area contributed by atoms with Crippen LogP contribution in [0.15, 0.2) is 18.2 Å². The van der Waals surface area contributed by atoms with Gasteiger partial charge in [-0.05, 0) is 43.4 Å². The predicted octanol–water partition coefficient (Wildman–Crippen LogP) is 3.24. The van der Waals surface area contributed by atoms with Crippen LogP contribution < -0.4 is 4.90 Å². The molecule has 1 saturated carbocycles. The molecule has 1 saturated heterocycles. The van der Waals surface area contributed by atoms with Crippen LogP contribution in [-0.4, -0.2) is 36.1 Å². The third kappa shape index (κ3) is 2.66. The lowest BCUT2D eigenvalue weighted by Gasteiger charge is -2.33. The molecule has 0 unspecified atom stereocenters. The van der Waals surface area contributed by atoms with Crippen LogP contribution in [0.5, 0.6) is 0 Å². The van der Waals surface area contributed by atoms with Gasteiger partial charge in [0.2, 0.25) is 5.91 Å². The molecule has 128 valence electrons. The molecule has 24 heavy (non-hydrogen) atoms. The number of carbonyl (C=O) groups is 2. The molecule has 1 aliphatic carbocycles. The van der Waals surface area contributed by atoms with Gasteiger partial charge in [0, 0.05) is 19.0 Å². The molecule has 2 aliphatic heterocycles. The maximum absolute atomic E-state index is 12.9. The average Bonchev–Trinajstić information content (AvgIpc) is 3.20. The Morgan fingerprint density at radius 2 is 2.00 bits per heavy atom. The van der Waals surface area contributed by atoms with Gasteiger partial charge < -0.3 is 9.64 Å². The molecule has 0 spiro atoms. The highest BCUT2D eigenvalue weighted by Gasteiger charge is 2.38. The third-order valence-electron chi connectivity index (χ3n) is 5.57. The summed E-state index contributed by atoms with van der Waals surface area (Å²) in [5, 5.41) is 0. The summed E-state index contributed by atoms with van der Waals surface area (Å²) in [6, 6.07) is 6.17. The van der Waals surface area contributed by atoms with E-state index in [4.69, 9.17) is 4.74 Å². The zero-order chi connectivity index (χ0) is 16.7. The van der Waals surface area contributed by atoms with Crippen LogP contribution in [0.3, 0.4) is 0 Å². The number of aryl methyl sites for hydroxylation is 1. The lowest BCUT2D eigenvalue weighted by Crippen LogP contribution is -2.43. The molecule has 0 N–H and O–H groups in total. The van der Waals surface area contributed by atoms with E-state index in [1.165, 1.54) is 12.8 Å². The van der Waals surface area contributed by atoms with Crippen molar-refractivity contribution in [3.63, 3.8) is 0 Å². The number of cyclic esters (lactones) is 1. The largest absolute Gasteiger partial charge is 0.447 e. The van der Waals surface area contributed by atoms with Crippen LogP contribution in [0, 0.1) is 12.8 Å². The number of anilines is 1. The minimum atomic E-state index is -0.262. The number of amides is 2. The summed E-state index contributed by atoms with van der Waals surface area (Å²) in [5.41, 5.74) is 3.06. The van der Waals surface area contributed by atoms with E-state index in [-0.39, 0.29) is 24.0 Å². The molecule has 0 radical (unpaired) electrons. The second-order valence-electron chi connectivity index (χ2n) is 7.26. The van der Waals surface area contributed by atoms with Gasteiger partial charge in [-0.15, -0.1) is 0 Å². The van der Waals surface area contributed by atoms with Gasteiger partial charge in [0.15, 0.2) is 0 Å². The summed E-state index contributed by atoms with van der Waals surface area (Å²) in [4.78, 5) is 28.9. The van der Waals surface area contributed by atoms with E-state index in [2.05, 4.69) is 6.07 Å². The highest BCUT2D eigenvalue weighted by atomic mass is 16.6. The first kappa shape index (κ1) is 15.5. The van der Waals surface area contributed by atoms with Gasteiger partial charge in [-0.1, -0.05) is 25.0 Å². The van der Waals surface area contributed by atoms with E-state index in [1.807, 2.05) is 24.0 Å². The number of hydrogen-bond acceptors (Lipinski definition) is 3. The van der Waals surface area contributed by atoms with Gasteiger partial charge in [0.1, 0.15) is 6.61 Å². The molecule has 1 atom stereocenters. The van der Waals surface area contributed by atoms with E-state index < -0.39 is 0 Å². The molecule has 1 aromatic carbocycles. The van der Waals surface area contributed by atoms with Gasteiger partial charge in [0.25, 0.3) is 0 Å². The highest BCUT2D eigenvalue weighted by molar-refractivity contribution is 5.91. The van der Waals surface area contributed by atoms with Crippen molar-refractivity contribution in [3.05, 3.63) is 29.3 Å². The van der Waals surface area contributed by atoms with Crippen LogP contribution in [0.1, 0.15) is 43.2 Å². The van der Waals surface area contributed by atoms with Crippen molar-refractivity contribution in [1.29, 1.82) is 0 Å². The Morgan fingerprint density at radius 3 is 2.79 bits per heavy atom. The lowest BCUT2D eigenvalue weighted by molar-refractivity contribution is -0.136. The molecule has 5 heteroatoms. The Kier molecular flexibility index (Phi) is 3.94. The minimum absolute atomic E-state index is 0.0252. The van der Waals surface area contributed by atoms with E-state index in [0.717, 1.165) is 36.1 Å². The topological polar surface area (TPSA) is 49.9 Å². The summed E-state index contributed by atoms with van der Waals surface area (Å²) < 4.78 is 5.29. The summed E-state index contributed by atoms with van der Waals surface area (Å²) in [6.07, 6.45) is 4.89. The van der Waals surface area contributed by atoms with E-state index in [0.29, 0.717) is 19.7 Å². The van der Waals surface area contributed by atoms with Gasteiger partial charge in [-0.3, -0.25) is 9.69 Å². The molecule has 1 aromatic rings. The number of benzene rings is 1. The van der Waals surface area contributed by atoms with E-state index in [9.17, 15) is 9.59 Å². The third-order valence-corrected chi connectivity index (χ3v) is 5.57. The van der Waals surface area contributed by atoms with E-state index in [1.54, 1.807) is 4.90 Å². The van der Waals surface area contributed by atoms with Crippen molar-refractivity contribution in [2.75, 3.05) is 18.1 Å². The molecular formula is C19H24N2O3. The van der Waals surface area contributed by atoms with Gasteiger partial charge in [-0.25, -0.2) is 4.79 Å². The van der Waals surface area contributed by atoms with Gasteiger partial charge >= 0.3 is 6.09 Å². The first-order valence-corrected chi connectivity index (χ1v) is 8.98. The first-order chi connectivity index (χ1) is 11.6. The number of ether oxygens (including phenoxy) is 1. The standard InChI is InChI=1S/C19H24N2O3/c1-13-6-7-15-11-20(18(22)14-4-2-3-5-14)9-8-16-12-24-19(23)21(16)17(15)10-13/h6-7,10,14,16H,2-5,8-9,11-12H2,1H3/t16-/m0/s1. The maximum atomic E-state index is 12.9. The monoisotopic (exact) mass is 328 g/mol. The molecule has 0 aromatic heterocycles. The van der Waals surface area contributed by atoms with Gasteiger partial charge in [0.05, 0.1) is 11.7 Å². The molecule has 5 nitrogen and oxygen atoms in total. The smallest absolute Gasteiger partial charge is 0.414 e. The van der Waals surface area contributed by atoms with Crippen molar-refractivity contribution in [3.8, 4) is 0 Å². The zero-order valence-corrected chi connectivity index (χ0v) is 14.2. The van der Waals surface area contributed by atoms with E-state index >= 15 is 0 Å². The Hall–Kier alpha value is -2.04. The van der Waals surface area contributed by atoms with Crippen LogP contribution in [0.4, 0.5) is 10.5 Å². The van der Waals surface area contributed by atoms with Crippen molar-refractivity contribution in [2.24, 2.45) is 5.92 Å². The fourth-order valence-electron chi connectivity index (χ4n) is 4.21. The normalized spacial score (nSPS) is 24.2. The van der Waals surface area contributed by atoms with Crippen LogP contribution in [0.25, 0.3) is 0 Å². The van der Waals surface area contributed by atoms with Gasteiger partial charge in [-0.2, -0.15) is 0 Å². The fraction of sp³-hybridized carbons (Fsp3) is 0.579. The summed E-state index contributed by atoms with van der Waals surface area (Å²) >= 11 is 0. The number of hydrogen-bond donors (Lipinski definition) is 0. The molecule has 2 fully saturated rings. The van der Waals surface area contributed by atoms with Crippen molar-refractivity contribution in [2.45, 2.75) is 51.6 Å². The molecule has 0 bridgehead atoms. The Bertz CT molecular complexity index is 667. The summed E-state index contributed by atoms with van der Waals surface area (Å²) in [5.74, 6) is 0.480. The average molecular weight is 328 g/mol. The maximum Gasteiger partial charge on any atom is 0.414 e. The SMILES string of the molecule is Cc1ccc2c(c1)N1C(=O)OC[C@@H]1CCN(C(=O)C1CCCC1)C2. The fourth-order valence-corrected chi connectivity index (χ4v) is 4.21. The quantitative estimate of drug-likeness (QED) is 0.795. The Labute approximate surface area is 142 Å². The number of fused-ring (bicyclic) bond motifs is 3. The van der Waals surface area contributed by atoms with Crippen LogP contribution in [0.2, 0.25) is 0 Å². The Morgan fingerprint density at radius 1 is 1.21 bits per heavy atom. The number of carbonyl (C=O) groups excluding carboxylic acids is 2. The van der Waals surface area contributed by atoms with Crippen LogP contribution >= 0.6 is 0 Å². The summed E-state index contributed by atoms with van der Waals surface area (Å²) in [7, 11) is 0. The number of nitrogens with zero attached hydrogens (tertiary/aromatic N) is 2. The second kappa shape index (κ2) is 6.11. The zero-order valence-electron chi connectivity index (χ0n) is 14.2. The van der Waals surface area contributed by atoms with Crippen molar-refractivity contribution >= 4 is 17.7 Å². The predicted molar refractivity (Wildman–Crippen MR) is 90.8 cm³/mol. The molecule has 3 aliphatic rings. The molecular weight excluding hydrogens is 304 g/mol. The number of rotatable bonds is 1. The van der Waals surface area contributed by atoms with Crippen molar-refractivity contribution in [1.82, 2.24) is 4.90 Å². The molecule has 2 heterocycles. The van der Waals surface area contributed by atoms with Crippen molar-refractivity contribution < 1.29 is 14.3 Å². The molecule has 2 amide bonds. The second-order valence-corrected chi connectivity index (χ2v) is 7.26. The Balaban J connectivity index is 1.67. The molecule has 4 rings (SSSR count). The highest BCUT2D eigenvalue weighted by Crippen LogP contribution is 2.34. The lowest BCUT2D eigenvalue weighted by atomic mass is 10.0. The van der Waals surface area contributed by atoms with Crippen LogP contribution in [-0.2, 0) is 16.1 Å². The summed E-state index contributed by atoms with van der Waals surface area (Å²) in [6.45, 7) is 3.72. The first-order valence-electron chi connectivity index (χ1n) is 8.98. The minimum Gasteiger partial charge on any atom is -0.447 e.